The van der Waals surface area contributed by atoms with Crippen LogP contribution in [0.15, 0.2) is 58.3 Å². The zero-order chi connectivity index (χ0) is 18.1. The van der Waals surface area contributed by atoms with Gasteiger partial charge in [-0.1, -0.05) is 12.1 Å². The average molecular weight is 418 g/mol. The Kier molecular flexibility index (Phi) is 5.35. The SMILES string of the molecule is NS(=O)(=O)c1ccc(S(=O)(=O)Oc2ccc(C3SCCS3)cc2)cc1. The van der Waals surface area contributed by atoms with Crippen LogP contribution in [0.2, 0.25) is 0 Å². The van der Waals surface area contributed by atoms with Gasteiger partial charge < -0.3 is 4.18 Å². The molecule has 1 heterocycles. The Bertz CT molecular complexity index is 948. The number of nitrogens with two attached hydrogens (primary N) is 1. The number of rotatable bonds is 5. The van der Waals surface area contributed by atoms with E-state index in [1.54, 1.807) is 12.1 Å². The van der Waals surface area contributed by atoms with Crippen molar-refractivity contribution in [2.75, 3.05) is 11.5 Å². The van der Waals surface area contributed by atoms with Crippen LogP contribution in [0.25, 0.3) is 0 Å². The predicted octanol–water partition coefficient (Wildman–Crippen LogP) is 2.58. The van der Waals surface area contributed by atoms with Crippen molar-refractivity contribution in [2.24, 2.45) is 5.14 Å². The zero-order valence-electron chi connectivity index (χ0n) is 12.9. The number of primary sulfonamides is 1. The molecule has 1 aliphatic heterocycles. The second-order valence-corrected chi connectivity index (χ2v) is 11.0. The standard InChI is InChI=1S/C15H15NO5S4/c16-24(17,18)13-5-7-14(8-6-13)25(19,20)21-12-3-1-11(2-4-12)15-22-9-10-23-15/h1-8,15H,9-10H2,(H2,16,17,18). The van der Waals surface area contributed by atoms with Crippen LogP contribution in [0.1, 0.15) is 10.1 Å². The van der Waals surface area contributed by atoms with Gasteiger partial charge >= 0.3 is 10.1 Å². The van der Waals surface area contributed by atoms with Crippen molar-refractivity contribution >= 4 is 43.7 Å². The molecule has 1 fully saturated rings. The molecular weight excluding hydrogens is 402 g/mol. The largest absolute Gasteiger partial charge is 0.379 e. The van der Waals surface area contributed by atoms with E-state index in [1.807, 2.05) is 35.7 Å². The Morgan fingerprint density at radius 1 is 0.840 bits per heavy atom. The Hall–Kier alpha value is -1.20. The molecule has 0 aromatic heterocycles. The highest BCUT2D eigenvalue weighted by atomic mass is 32.2. The smallest absolute Gasteiger partial charge is 0.339 e. The third-order valence-electron chi connectivity index (χ3n) is 3.42. The summed E-state index contributed by atoms with van der Waals surface area (Å²) < 4.78 is 52.5. The summed E-state index contributed by atoms with van der Waals surface area (Å²) in [6.45, 7) is 0. The van der Waals surface area contributed by atoms with E-state index in [9.17, 15) is 16.8 Å². The van der Waals surface area contributed by atoms with Crippen LogP contribution < -0.4 is 9.32 Å². The van der Waals surface area contributed by atoms with Gasteiger partial charge in [-0.05, 0) is 42.0 Å². The Morgan fingerprint density at radius 2 is 1.36 bits per heavy atom. The summed E-state index contributed by atoms with van der Waals surface area (Å²) in [6.07, 6.45) is 0. The van der Waals surface area contributed by atoms with Gasteiger partial charge in [-0.3, -0.25) is 0 Å². The van der Waals surface area contributed by atoms with E-state index >= 15 is 0 Å². The van der Waals surface area contributed by atoms with Crippen molar-refractivity contribution < 1.29 is 21.0 Å². The molecule has 2 N–H and O–H groups in total. The summed E-state index contributed by atoms with van der Waals surface area (Å²) in [7, 11) is -7.93. The minimum atomic E-state index is -4.05. The molecule has 0 unspecified atom stereocenters. The van der Waals surface area contributed by atoms with E-state index in [0.717, 1.165) is 41.3 Å². The summed E-state index contributed by atoms with van der Waals surface area (Å²) in [5, 5.41) is 4.99. The van der Waals surface area contributed by atoms with Gasteiger partial charge in [0.15, 0.2) is 0 Å². The summed E-state index contributed by atoms with van der Waals surface area (Å²) >= 11 is 3.72. The highest BCUT2D eigenvalue weighted by Gasteiger charge is 2.20. The first-order valence-corrected chi connectivity index (χ1v) is 12.2. The third kappa shape index (κ3) is 4.50. The Labute approximate surface area is 155 Å². The van der Waals surface area contributed by atoms with E-state index in [2.05, 4.69) is 0 Å². The second kappa shape index (κ2) is 7.20. The van der Waals surface area contributed by atoms with Gasteiger partial charge in [0.25, 0.3) is 0 Å². The molecular formula is C15H15NO5S4. The van der Waals surface area contributed by atoms with E-state index in [0.29, 0.717) is 4.58 Å². The van der Waals surface area contributed by atoms with Gasteiger partial charge in [0.2, 0.25) is 10.0 Å². The molecule has 0 saturated carbocycles. The molecule has 134 valence electrons. The molecule has 10 heteroatoms. The minimum Gasteiger partial charge on any atom is -0.379 e. The molecule has 0 radical (unpaired) electrons. The van der Waals surface area contributed by atoms with Gasteiger partial charge in [0.1, 0.15) is 10.6 Å². The van der Waals surface area contributed by atoms with Crippen LogP contribution in [0.4, 0.5) is 0 Å². The van der Waals surface area contributed by atoms with Gasteiger partial charge in [0, 0.05) is 11.5 Å². The van der Waals surface area contributed by atoms with Crippen molar-refractivity contribution in [3.05, 3.63) is 54.1 Å². The number of thioether (sulfide) groups is 2. The maximum absolute atomic E-state index is 12.3. The lowest BCUT2D eigenvalue weighted by Gasteiger charge is -2.10. The number of hydrogen-bond donors (Lipinski definition) is 1. The van der Waals surface area contributed by atoms with Crippen molar-refractivity contribution in [3.8, 4) is 5.75 Å². The first-order valence-electron chi connectivity index (χ1n) is 7.16. The average Bonchev–Trinajstić information content (AvgIpc) is 3.09. The zero-order valence-corrected chi connectivity index (χ0v) is 16.1. The molecule has 0 bridgehead atoms. The third-order valence-corrected chi connectivity index (χ3v) is 8.72. The molecule has 1 aliphatic rings. The molecule has 0 atom stereocenters. The number of hydrogen-bond acceptors (Lipinski definition) is 7. The quantitative estimate of drug-likeness (QED) is 0.746. The maximum Gasteiger partial charge on any atom is 0.339 e. The molecule has 25 heavy (non-hydrogen) atoms. The van der Waals surface area contributed by atoms with Crippen LogP contribution >= 0.6 is 23.5 Å². The molecule has 1 saturated heterocycles. The van der Waals surface area contributed by atoms with Gasteiger partial charge in [-0.25, -0.2) is 13.6 Å². The number of sulfonamides is 1. The fourth-order valence-corrected chi connectivity index (χ4v) is 6.51. The first-order chi connectivity index (χ1) is 11.8. The molecule has 0 aliphatic carbocycles. The maximum atomic E-state index is 12.3. The van der Waals surface area contributed by atoms with Crippen LogP contribution in [-0.4, -0.2) is 28.3 Å². The molecule has 3 rings (SSSR count). The van der Waals surface area contributed by atoms with E-state index in [4.69, 9.17) is 9.32 Å². The molecule has 2 aromatic carbocycles. The van der Waals surface area contributed by atoms with Gasteiger partial charge in [-0.2, -0.15) is 8.42 Å². The highest BCUT2D eigenvalue weighted by molar-refractivity contribution is 8.19. The fourth-order valence-electron chi connectivity index (χ4n) is 2.20. The molecule has 2 aromatic rings. The van der Waals surface area contributed by atoms with E-state index < -0.39 is 20.1 Å². The van der Waals surface area contributed by atoms with Gasteiger partial charge in [-0.15, -0.1) is 23.5 Å². The highest BCUT2D eigenvalue weighted by Crippen LogP contribution is 2.45. The van der Waals surface area contributed by atoms with E-state index in [1.165, 1.54) is 0 Å². The lowest BCUT2D eigenvalue weighted by atomic mass is 10.2. The number of benzene rings is 2. The van der Waals surface area contributed by atoms with Crippen LogP contribution in [0.5, 0.6) is 5.75 Å². The van der Waals surface area contributed by atoms with Crippen LogP contribution in [0.3, 0.4) is 0 Å². The molecule has 0 spiro atoms. The fraction of sp³-hybridized carbons (Fsp3) is 0.200. The minimum absolute atomic E-state index is 0.147. The summed E-state index contributed by atoms with van der Waals surface area (Å²) in [5.41, 5.74) is 1.12. The summed E-state index contributed by atoms with van der Waals surface area (Å²) in [5.74, 6) is 2.42. The first kappa shape index (κ1) is 18.6. The van der Waals surface area contributed by atoms with Crippen LogP contribution in [-0.2, 0) is 20.1 Å². The molecule has 0 amide bonds. The summed E-state index contributed by atoms with van der Waals surface area (Å²) in [4.78, 5) is -0.312. The topological polar surface area (TPSA) is 104 Å². The Morgan fingerprint density at radius 3 is 1.88 bits per heavy atom. The van der Waals surface area contributed by atoms with Crippen molar-refractivity contribution in [1.29, 1.82) is 0 Å². The molecule has 6 nitrogen and oxygen atoms in total. The summed E-state index contributed by atoms with van der Waals surface area (Å²) in [6, 6.07) is 11.5. The lowest BCUT2D eigenvalue weighted by Crippen LogP contribution is -2.13. The lowest BCUT2D eigenvalue weighted by molar-refractivity contribution is 0.486. The van der Waals surface area contributed by atoms with Gasteiger partial charge in [0.05, 0.1) is 9.48 Å². The monoisotopic (exact) mass is 417 g/mol. The van der Waals surface area contributed by atoms with Crippen molar-refractivity contribution in [3.63, 3.8) is 0 Å². The normalized spacial score (nSPS) is 16.0. The van der Waals surface area contributed by atoms with Crippen LogP contribution in [0, 0.1) is 0 Å². The predicted molar refractivity (Wildman–Crippen MR) is 99.7 cm³/mol. The van der Waals surface area contributed by atoms with E-state index in [-0.39, 0.29) is 15.5 Å². The second-order valence-electron chi connectivity index (χ2n) is 5.20. The van der Waals surface area contributed by atoms with Crippen molar-refractivity contribution in [1.82, 2.24) is 0 Å². The van der Waals surface area contributed by atoms with Crippen molar-refractivity contribution in [2.45, 2.75) is 14.4 Å². The Balaban J connectivity index is 1.76.